The zero-order valence-corrected chi connectivity index (χ0v) is 20.2. The van der Waals surface area contributed by atoms with Crippen LogP contribution in [0.25, 0.3) is 0 Å². The van der Waals surface area contributed by atoms with Gasteiger partial charge in [0.25, 0.3) is 5.91 Å². The summed E-state index contributed by atoms with van der Waals surface area (Å²) in [6, 6.07) is 15.8. The Morgan fingerprint density at radius 2 is 1.82 bits per heavy atom. The average molecular weight is 466 g/mol. The molecule has 0 saturated heterocycles. The van der Waals surface area contributed by atoms with Crippen LogP contribution in [0.3, 0.4) is 0 Å². The molecule has 2 N–H and O–H groups in total. The van der Waals surface area contributed by atoms with Crippen LogP contribution in [0.5, 0.6) is 5.75 Å². The molecule has 0 aliphatic rings. The summed E-state index contributed by atoms with van der Waals surface area (Å²) in [5, 5.41) is 8.23. The van der Waals surface area contributed by atoms with E-state index in [1.165, 1.54) is 11.3 Å². The number of thiazole rings is 1. The molecule has 0 spiro atoms. The number of nitrogens with one attached hydrogen (secondary N) is 2. The molecule has 0 fully saturated rings. The van der Waals surface area contributed by atoms with Crippen LogP contribution in [0.4, 0.5) is 0 Å². The van der Waals surface area contributed by atoms with E-state index in [9.17, 15) is 9.59 Å². The van der Waals surface area contributed by atoms with Crippen LogP contribution in [0.15, 0.2) is 53.9 Å². The van der Waals surface area contributed by atoms with Gasteiger partial charge < -0.3 is 15.4 Å². The van der Waals surface area contributed by atoms with Gasteiger partial charge in [0.2, 0.25) is 5.91 Å². The fourth-order valence-corrected chi connectivity index (χ4v) is 4.00. The summed E-state index contributed by atoms with van der Waals surface area (Å²) in [5.41, 5.74) is 3.67. The summed E-state index contributed by atoms with van der Waals surface area (Å²) in [6.07, 6.45) is 1.01. The second-order valence-electron chi connectivity index (χ2n) is 8.23. The third-order valence-corrected chi connectivity index (χ3v) is 5.92. The van der Waals surface area contributed by atoms with Crippen LogP contribution < -0.4 is 15.4 Å². The van der Waals surface area contributed by atoms with Gasteiger partial charge >= 0.3 is 0 Å². The maximum Gasteiger partial charge on any atom is 0.270 e. The van der Waals surface area contributed by atoms with Gasteiger partial charge in [0, 0.05) is 18.5 Å². The lowest BCUT2D eigenvalue weighted by Crippen LogP contribution is -2.30. The van der Waals surface area contributed by atoms with Gasteiger partial charge in [-0.25, -0.2) is 4.98 Å². The smallest absolute Gasteiger partial charge is 0.270 e. The van der Waals surface area contributed by atoms with Crippen LogP contribution in [0.2, 0.25) is 0 Å². The Morgan fingerprint density at radius 3 is 2.58 bits per heavy atom. The third-order valence-electron chi connectivity index (χ3n) is 5.10. The lowest BCUT2D eigenvalue weighted by molar-refractivity contribution is -0.120. The van der Waals surface area contributed by atoms with E-state index < -0.39 is 0 Å². The minimum absolute atomic E-state index is 0.0223. The topological polar surface area (TPSA) is 80.3 Å². The van der Waals surface area contributed by atoms with E-state index >= 15 is 0 Å². The standard InChI is InChI=1S/C26H31N3O3S/c1-18(2)21-11-10-19(3)14-23(21)32-16-25-29-22(17-33-25)26(31)28-13-7-12-27-24(30)15-20-8-5-4-6-9-20/h4-6,8-11,14,17-18H,7,12-13,15-16H2,1-3H3,(H,27,30)(H,28,31). The van der Waals surface area contributed by atoms with Gasteiger partial charge in [-0.2, -0.15) is 0 Å². The van der Waals surface area contributed by atoms with Crippen molar-refractivity contribution in [3.8, 4) is 5.75 Å². The first-order chi connectivity index (χ1) is 15.9. The van der Waals surface area contributed by atoms with Crippen molar-refractivity contribution >= 4 is 23.2 Å². The van der Waals surface area contributed by atoms with E-state index in [4.69, 9.17) is 4.74 Å². The van der Waals surface area contributed by atoms with Gasteiger partial charge in [-0.15, -0.1) is 11.3 Å². The average Bonchev–Trinajstić information content (AvgIpc) is 3.27. The summed E-state index contributed by atoms with van der Waals surface area (Å²) in [5.74, 6) is 0.985. The van der Waals surface area contributed by atoms with Crippen LogP contribution in [0.1, 0.15) is 58.4 Å². The Labute approximate surface area is 199 Å². The molecule has 1 heterocycles. The predicted molar refractivity (Wildman–Crippen MR) is 132 cm³/mol. The van der Waals surface area contributed by atoms with Crippen molar-refractivity contribution in [2.45, 2.75) is 46.1 Å². The van der Waals surface area contributed by atoms with E-state index in [2.05, 4.69) is 41.6 Å². The molecule has 3 aromatic rings. The second kappa shape index (κ2) is 12.2. The zero-order valence-electron chi connectivity index (χ0n) is 19.4. The molecule has 3 rings (SSSR count). The number of hydrogen-bond acceptors (Lipinski definition) is 5. The molecule has 0 atom stereocenters. The Kier molecular flexibility index (Phi) is 9.01. The maximum atomic E-state index is 12.4. The molecular formula is C26H31N3O3S. The molecule has 7 heteroatoms. The van der Waals surface area contributed by atoms with Gasteiger partial charge in [-0.3, -0.25) is 9.59 Å². The van der Waals surface area contributed by atoms with E-state index in [0.29, 0.717) is 44.1 Å². The van der Waals surface area contributed by atoms with Crippen LogP contribution in [-0.4, -0.2) is 29.9 Å². The van der Waals surface area contributed by atoms with Crippen LogP contribution in [0, 0.1) is 6.92 Å². The van der Waals surface area contributed by atoms with Crippen molar-refractivity contribution in [3.63, 3.8) is 0 Å². The van der Waals surface area contributed by atoms with Gasteiger partial charge in [-0.1, -0.05) is 56.3 Å². The molecule has 0 radical (unpaired) electrons. The number of carbonyl (C=O) groups is 2. The predicted octanol–water partition coefficient (Wildman–Crippen LogP) is 4.63. The molecule has 33 heavy (non-hydrogen) atoms. The zero-order chi connectivity index (χ0) is 23.6. The summed E-state index contributed by atoms with van der Waals surface area (Å²) >= 11 is 1.41. The highest BCUT2D eigenvalue weighted by Crippen LogP contribution is 2.28. The lowest BCUT2D eigenvalue weighted by atomic mass is 10.0. The lowest BCUT2D eigenvalue weighted by Gasteiger charge is -2.14. The largest absolute Gasteiger partial charge is 0.486 e. The SMILES string of the molecule is Cc1ccc(C(C)C)c(OCc2nc(C(=O)NCCCNC(=O)Cc3ccccc3)cs2)c1. The van der Waals surface area contributed by atoms with Crippen molar-refractivity contribution < 1.29 is 14.3 Å². The highest BCUT2D eigenvalue weighted by Gasteiger charge is 2.13. The van der Waals surface area contributed by atoms with E-state index in [-0.39, 0.29) is 11.8 Å². The number of carbonyl (C=O) groups excluding carboxylic acids is 2. The Bertz CT molecular complexity index is 1060. The number of amides is 2. The maximum absolute atomic E-state index is 12.4. The van der Waals surface area contributed by atoms with Crippen LogP contribution >= 0.6 is 11.3 Å². The highest BCUT2D eigenvalue weighted by atomic mass is 32.1. The fraction of sp³-hybridized carbons (Fsp3) is 0.346. The number of ether oxygens (including phenoxy) is 1. The van der Waals surface area contributed by atoms with E-state index in [0.717, 1.165) is 27.4 Å². The number of rotatable bonds is 11. The summed E-state index contributed by atoms with van der Waals surface area (Å²) in [6.45, 7) is 7.62. The first-order valence-corrected chi connectivity index (χ1v) is 12.1. The molecule has 0 aliphatic carbocycles. The first kappa shape index (κ1) is 24.5. The molecule has 2 amide bonds. The molecule has 2 aromatic carbocycles. The van der Waals surface area contributed by atoms with Crippen molar-refractivity contribution in [1.82, 2.24) is 15.6 Å². The fourth-order valence-electron chi connectivity index (χ4n) is 3.32. The van der Waals surface area contributed by atoms with Crippen LogP contribution in [-0.2, 0) is 17.8 Å². The molecule has 0 aliphatic heterocycles. The number of aromatic nitrogens is 1. The number of benzene rings is 2. The van der Waals surface area contributed by atoms with Gasteiger partial charge in [0.1, 0.15) is 23.1 Å². The van der Waals surface area contributed by atoms with Gasteiger partial charge in [0.15, 0.2) is 0 Å². The number of nitrogens with zero attached hydrogens (tertiary/aromatic N) is 1. The number of aryl methyl sites for hydroxylation is 1. The molecule has 1 aromatic heterocycles. The molecule has 0 saturated carbocycles. The Hall–Kier alpha value is -3.19. The summed E-state index contributed by atoms with van der Waals surface area (Å²) < 4.78 is 6.01. The van der Waals surface area contributed by atoms with Crippen molar-refractivity contribution in [1.29, 1.82) is 0 Å². The minimum atomic E-state index is -0.216. The minimum Gasteiger partial charge on any atom is -0.486 e. The molecule has 0 unspecified atom stereocenters. The monoisotopic (exact) mass is 465 g/mol. The normalized spacial score (nSPS) is 10.8. The molecule has 6 nitrogen and oxygen atoms in total. The quantitative estimate of drug-likeness (QED) is 0.405. The Morgan fingerprint density at radius 1 is 1.06 bits per heavy atom. The highest BCUT2D eigenvalue weighted by molar-refractivity contribution is 7.09. The second-order valence-corrected chi connectivity index (χ2v) is 9.18. The van der Waals surface area contributed by atoms with E-state index in [1.54, 1.807) is 5.38 Å². The number of hydrogen-bond donors (Lipinski definition) is 2. The van der Waals surface area contributed by atoms with Crippen molar-refractivity contribution in [3.05, 3.63) is 81.3 Å². The van der Waals surface area contributed by atoms with E-state index in [1.807, 2.05) is 43.3 Å². The molecular weight excluding hydrogens is 434 g/mol. The Balaban J connectivity index is 1.38. The van der Waals surface area contributed by atoms with Gasteiger partial charge in [0.05, 0.1) is 6.42 Å². The first-order valence-electron chi connectivity index (χ1n) is 11.2. The third kappa shape index (κ3) is 7.71. The molecule has 174 valence electrons. The van der Waals surface area contributed by atoms with Crippen molar-refractivity contribution in [2.24, 2.45) is 0 Å². The van der Waals surface area contributed by atoms with Gasteiger partial charge in [-0.05, 0) is 42.0 Å². The summed E-state index contributed by atoms with van der Waals surface area (Å²) in [4.78, 5) is 28.7. The van der Waals surface area contributed by atoms with Crippen molar-refractivity contribution in [2.75, 3.05) is 13.1 Å². The summed E-state index contributed by atoms with van der Waals surface area (Å²) in [7, 11) is 0. The molecule has 0 bridgehead atoms.